The van der Waals surface area contributed by atoms with Gasteiger partial charge in [0, 0.05) is 11.6 Å². The molecule has 0 radical (unpaired) electrons. The van der Waals surface area contributed by atoms with Crippen LogP contribution in [0.4, 0.5) is 8.78 Å². The fraction of sp³-hybridized carbons (Fsp3) is 0.552. The molecule has 0 saturated heterocycles. The van der Waals surface area contributed by atoms with E-state index >= 15 is 0 Å². The first-order chi connectivity index (χ1) is 16.1. The lowest BCUT2D eigenvalue weighted by Gasteiger charge is -2.27. The molecule has 0 amide bonds. The van der Waals surface area contributed by atoms with Crippen LogP contribution in [0.1, 0.15) is 90.4 Å². The number of carbonyl (C=O) groups is 1. The fourth-order valence-electron chi connectivity index (χ4n) is 4.88. The molecular formula is C29H38F2O2. The van der Waals surface area contributed by atoms with E-state index in [9.17, 15) is 13.6 Å². The molecule has 4 heteroatoms. The molecule has 0 aromatic heterocycles. The summed E-state index contributed by atoms with van der Waals surface area (Å²) in [6.07, 6.45) is 15.9. The van der Waals surface area contributed by atoms with Gasteiger partial charge in [-0.1, -0.05) is 76.8 Å². The normalized spacial score (nSPS) is 18.3. The lowest BCUT2D eigenvalue weighted by Crippen LogP contribution is -2.25. The number of rotatable bonds is 12. The average molecular weight is 457 g/mol. The van der Waals surface area contributed by atoms with Crippen molar-refractivity contribution in [1.82, 2.24) is 0 Å². The highest BCUT2D eigenvalue weighted by molar-refractivity contribution is 5.75. The molecule has 33 heavy (non-hydrogen) atoms. The van der Waals surface area contributed by atoms with E-state index in [-0.39, 0.29) is 23.5 Å². The predicted octanol–water partition coefficient (Wildman–Crippen LogP) is 8.87. The highest BCUT2D eigenvalue weighted by Gasteiger charge is 2.27. The Morgan fingerprint density at radius 1 is 0.848 bits per heavy atom. The lowest BCUT2D eigenvalue weighted by atomic mass is 9.79. The summed E-state index contributed by atoms with van der Waals surface area (Å²) in [7, 11) is 0. The van der Waals surface area contributed by atoms with E-state index in [2.05, 4.69) is 6.92 Å². The third kappa shape index (κ3) is 8.24. The zero-order valence-electron chi connectivity index (χ0n) is 20.0. The highest BCUT2D eigenvalue weighted by atomic mass is 19.1. The summed E-state index contributed by atoms with van der Waals surface area (Å²) in [6.45, 7) is 2.25. The minimum absolute atomic E-state index is 0.0975. The summed E-state index contributed by atoms with van der Waals surface area (Å²) in [6, 6.07) is 10.1. The summed E-state index contributed by atoms with van der Waals surface area (Å²) in [5, 5.41) is 0. The molecule has 0 bridgehead atoms. The van der Waals surface area contributed by atoms with Crippen LogP contribution in [0.25, 0.3) is 11.1 Å². The maximum absolute atomic E-state index is 14.5. The molecule has 3 rings (SSSR count). The molecule has 0 unspecified atom stereocenters. The van der Waals surface area contributed by atoms with Gasteiger partial charge in [0.1, 0.15) is 17.4 Å². The zero-order chi connectivity index (χ0) is 23.5. The van der Waals surface area contributed by atoms with E-state index in [1.807, 2.05) is 0 Å². The standard InChI is InChI=1S/C29H38F2O2/c1-2-3-4-5-6-7-8-9-10-22-11-13-24(14-12-22)29(32)33-26-19-20-27(28(31)21-26)23-15-17-25(30)18-16-23/h15-22,24H,2-14H2,1H3. The smallest absolute Gasteiger partial charge is 0.314 e. The van der Waals surface area contributed by atoms with Gasteiger partial charge in [-0.3, -0.25) is 4.79 Å². The molecule has 1 aliphatic rings. The number of ether oxygens (including phenoxy) is 1. The van der Waals surface area contributed by atoms with E-state index < -0.39 is 5.82 Å². The van der Waals surface area contributed by atoms with Gasteiger partial charge in [-0.15, -0.1) is 0 Å². The number of halogens is 2. The molecule has 1 fully saturated rings. The third-order valence-electron chi connectivity index (χ3n) is 6.96. The van der Waals surface area contributed by atoms with Gasteiger partial charge in [-0.05, 0) is 61.4 Å². The summed E-state index contributed by atoms with van der Waals surface area (Å²) in [5.74, 6) is -0.252. The van der Waals surface area contributed by atoms with Crippen molar-refractivity contribution in [3.05, 3.63) is 54.1 Å². The second-order valence-corrected chi connectivity index (χ2v) is 9.55. The van der Waals surface area contributed by atoms with Gasteiger partial charge in [0.15, 0.2) is 0 Å². The number of carbonyl (C=O) groups excluding carboxylic acids is 1. The van der Waals surface area contributed by atoms with Crippen LogP contribution in [-0.2, 0) is 4.79 Å². The number of hydrogen-bond donors (Lipinski definition) is 0. The van der Waals surface area contributed by atoms with Gasteiger partial charge >= 0.3 is 5.97 Å². The Kier molecular flexibility index (Phi) is 10.4. The van der Waals surface area contributed by atoms with Crippen molar-refractivity contribution in [1.29, 1.82) is 0 Å². The maximum Gasteiger partial charge on any atom is 0.314 e. The molecule has 0 heterocycles. The molecule has 1 aliphatic carbocycles. The van der Waals surface area contributed by atoms with Gasteiger partial charge in [0.2, 0.25) is 0 Å². The molecule has 2 nitrogen and oxygen atoms in total. The van der Waals surface area contributed by atoms with Crippen molar-refractivity contribution in [2.45, 2.75) is 90.4 Å². The first-order valence-corrected chi connectivity index (χ1v) is 12.8. The molecule has 0 atom stereocenters. The van der Waals surface area contributed by atoms with Crippen LogP contribution in [-0.4, -0.2) is 5.97 Å². The SMILES string of the molecule is CCCCCCCCCCC1CCC(C(=O)Oc2ccc(-c3ccc(F)cc3)c(F)c2)CC1. The number of hydrogen-bond acceptors (Lipinski definition) is 2. The first kappa shape index (κ1) is 25.4. The van der Waals surface area contributed by atoms with Crippen LogP contribution in [0, 0.1) is 23.5 Å². The number of unbranched alkanes of at least 4 members (excludes halogenated alkanes) is 7. The summed E-state index contributed by atoms with van der Waals surface area (Å²) >= 11 is 0. The van der Waals surface area contributed by atoms with Crippen molar-refractivity contribution < 1.29 is 18.3 Å². The van der Waals surface area contributed by atoms with Gasteiger partial charge in [0.25, 0.3) is 0 Å². The Balaban J connectivity index is 1.37. The highest BCUT2D eigenvalue weighted by Crippen LogP contribution is 2.34. The average Bonchev–Trinajstić information content (AvgIpc) is 2.82. The second-order valence-electron chi connectivity index (χ2n) is 9.55. The van der Waals surface area contributed by atoms with Crippen LogP contribution in [0.15, 0.2) is 42.5 Å². The molecule has 2 aromatic rings. The van der Waals surface area contributed by atoms with Crippen LogP contribution >= 0.6 is 0 Å². The van der Waals surface area contributed by atoms with E-state index in [0.29, 0.717) is 11.1 Å². The van der Waals surface area contributed by atoms with Crippen molar-refractivity contribution in [2.24, 2.45) is 11.8 Å². The molecule has 1 saturated carbocycles. The number of esters is 1. The van der Waals surface area contributed by atoms with Crippen LogP contribution in [0.5, 0.6) is 5.75 Å². The maximum atomic E-state index is 14.5. The minimum atomic E-state index is -0.485. The van der Waals surface area contributed by atoms with Crippen molar-refractivity contribution in [3.63, 3.8) is 0 Å². The van der Waals surface area contributed by atoms with Crippen molar-refractivity contribution in [2.75, 3.05) is 0 Å². The van der Waals surface area contributed by atoms with Gasteiger partial charge in [-0.25, -0.2) is 8.78 Å². The second kappa shape index (κ2) is 13.5. The van der Waals surface area contributed by atoms with Crippen molar-refractivity contribution >= 4 is 5.97 Å². The van der Waals surface area contributed by atoms with Gasteiger partial charge < -0.3 is 4.74 Å². The van der Waals surface area contributed by atoms with E-state index in [1.54, 1.807) is 12.1 Å². The summed E-state index contributed by atoms with van der Waals surface area (Å²) in [4.78, 5) is 12.6. The Morgan fingerprint density at radius 2 is 1.48 bits per heavy atom. The van der Waals surface area contributed by atoms with Gasteiger partial charge in [-0.2, -0.15) is 0 Å². The Labute approximate surface area is 197 Å². The lowest BCUT2D eigenvalue weighted by molar-refractivity contribution is -0.140. The van der Waals surface area contributed by atoms with E-state index in [1.165, 1.54) is 88.1 Å². The minimum Gasteiger partial charge on any atom is -0.426 e. The summed E-state index contributed by atoms with van der Waals surface area (Å²) < 4.78 is 33.1. The largest absolute Gasteiger partial charge is 0.426 e. The van der Waals surface area contributed by atoms with Crippen LogP contribution < -0.4 is 4.74 Å². The molecule has 0 spiro atoms. The predicted molar refractivity (Wildman–Crippen MR) is 130 cm³/mol. The monoisotopic (exact) mass is 456 g/mol. The molecule has 0 aliphatic heterocycles. The van der Waals surface area contributed by atoms with E-state index in [0.717, 1.165) is 31.6 Å². The molecule has 2 aromatic carbocycles. The molecule has 180 valence electrons. The molecule has 0 N–H and O–H groups in total. The topological polar surface area (TPSA) is 26.3 Å². The quantitative estimate of drug-likeness (QED) is 0.181. The summed E-state index contributed by atoms with van der Waals surface area (Å²) in [5.41, 5.74) is 0.942. The zero-order valence-corrected chi connectivity index (χ0v) is 20.0. The Hall–Kier alpha value is -2.23. The van der Waals surface area contributed by atoms with Crippen LogP contribution in [0.3, 0.4) is 0 Å². The van der Waals surface area contributed by atoms with Crippen molar-refractivity contribution in [3.8, 4) is 16.9 Å². The Morgan fingerprint density at radius 3 is 2.12 bits per heavy atom. The third-order valence-corrected chi connectivity index (χ3v) is 6.96. The Bertz CT molecular complexity index is 854. The van der Waals surface area contributed by atoms with Gasteiger partial charge in [0.05, 0.1) is 5.92 Å². The number of benzene rings is 2. The molecular weight excluding hydrogens is 418 g/mol. The first-order valence-electron chi connectivity index (χ1n) is 12.8. The fourth-order valence-corrected chi connectivity index (χ4v) is 4.88. The van der Waals surface area contributed by atoms with E-state index in [4.69, 9.17) is 4.74 Å². The van der Waals surface area contributed by atoms with Crippen LogP contribution in [0.2, 0.25) is 0 Å².